The number of halogens is 1. The van der Waals surface area contributed by atoms with Gasteiger partial charge in [-0.3, -0.25) is 14.2 Å². The van der Waals surface area contributed by atoms with Gasteiger partial charge in [-0.05, 0) is 18.2 Å². The first kappa shape index (κ1) is 17.0. The zero-order valence-electron chi connectivity index (χ0n) is 13.2. The summed E-state index contributed by atoms with van der Waals surface area (Å²) >= 11 is 2.74. The van der Waals surface area contributed by atoms with Gasteiger partial charge in [0.05, 0.1) is 16.3 Å². The molecule has 1 aliphatic rings. The highest BCUT2D eigenvalue weighted by atomic mass is 32.2. The highest BCUT2D eigenvalue weighted by molar-refractivity contribution is 8.00. The van der Waals surface area contributed by atoms with Crippen LogP contribution in [0.3, 0.4) is 0 Å². The second-order valence-electron chi connectivity index (χ2n) is 5.51. The van der Waals surface area contributed by atoms with Gasteiger partial charge in [0.2, 0.25) is 5.91 Å². The number of rotatable bonds is 4. The minimum absolute atomic E-state index is 0.0672. The van der Waals surface area contributed by atoms with Crippen molar-refractivity contribution in [1.29, 1.82) is 0 Å². The van der Waals surface area contributed by atoms with E-state index in [4.69, 9.17) is 0 Å². The lowest BCUT2D eigenvalue weighted by molar-refractivity contribution is -0.113. The van der Waals surface area contributed by atoms with E-state index in [2.05, 4.69) is 17.2 Å². The number of amides is 1. The van der Waals surface area contributed by atoms with Crippen LogP contribution in [0, 0.1) is 5.82 Å². The van der Waals surface area contributed by atoms with Crippen LogP contribution in [0.5, 0.6) is 0 Å². The standard InChI is InChI=1S/C16H16FN3O2S2/c1-9-6-12-14(24-9)15(22)20(2)16(19-12)23-8-13(21)18-11-5-3-4-10(17)7-11/h3-5,7,9H,6,8H2,1-2H3,(H,18,21)/t9-/m0/s1. The molecule has 0 bridgehead atoms. The summed E-state index contributed by atoms with van der Waals surface area (Å²) in [6, 6.07) is 5.72. The maximum Gasteiger partial charge on any atom is 0.267 e. The number of thioether (sulfide) groups is 2. The Bertz CT molecular complexity index is 854. The number of benzene rings is 1. The van der Waals surface area contributed by atoms with Gasteiger partial charge in [-0.1, -0.05) is 24.8 Å². The zero-order valence-corrected chi connectivity index (χ0v) is 14.8. The third-order valence-electron chi connectivity index (χ3n) is 3.52. The highest BCUT2D eigenvalue weighted by Crippen LogP contribution is 2.33. The lowest BCUT2D eigenvalue weighted by Crippen LogP contribution is -2.23. The van der Waals surface area contributed by atoms with Crippen molar-refractivity contribution >= 4 is 35.1 Å². The second-order valence-corrected chi connectivity index (χ2v) is 7.91. The number of aromatic nitrogens is 2. The summed E-state index contributed by atoms with van der Waals surface area (Å²) in [7, 11) is 1.66. The third-order valence-corrected chi connectivity index (χ3v) is 5.76. The van der Waals surface area contributed by atoms with Gasteiger partial charge in [-0.25, -0.2) is 9.37 Å². The fourth-order valence-corrected chi connectivity index (χ4v) is 4.33. The number of anilines is 1. The highest BCUT2D eigenvalue weighted by Gasteiger charge is 2.25. The normalized spacial score (nSPS) is 16.0. The second kappa shape index (κ2) is 6.98. The van der Waals surface area contributed by atoms with Gasteiger partial charge >= 0.3 is 0 Å². The molecule has 126 valence electrons. The number of carbonyl (C=O) groups excluding carboxylic acids is 1. The Balaban J connectivity index is 1.69. The molecule has 5 nitrogen and oxygen atoms in total. The van der Waals surface area contributed by atoms with Gasteiger partial charge in [0.25, 0.3) is 5.56 Å². The van der Waals surface area contributed by atoms with Crippen molar-refractivity contribution in [2.45, 2.75) is 28.6 Å². The van der Waals surface area contributed by atoms with E-state index in [1.807, 2.05) is 0 Å². The Labute approximate surface area is 147 Å². The van der Waals surface area contributed by atoms with E-state index in [0.29, 0.717) is 21.0 Å². The summed E-state index contributed by atoms with van der Waals surface area (Å²) in [4.78, 5) is 29.6. The Kier molecular flexibility index (Phi) is 4.96. The molecule has 1 amide bonds. The van der Waals surface area contributed by atoms with Gasteiger partial charge in [0.15, 0.2) is 5.16 Å². The first-order valence-electron chi connectivity index (χ1n) is 7.39. The molecule has 24 heavy (non-hydrogen) atoms. The molecule has 1 atom stereocenters. The van der Waals surface area contributed by atoms with Gasteiger partial charge in [-0.2, -0.15) is 0 Å². The van der Waals surface area contributed by atoms with Crippen LogP contribution in [-0.2, 0) is 18.3 Å². The van der Waals surface area contributed by atoms with Crippen LogP contribution in [0.2, 0.25) is 0 Å². The first-order chi connectivity index (χ1) is 11.4. The molecule has 0 saturated heterocycles. The summed E-state index contributed by atoms with van der Waals surface area (Å²) in [6.07, 6.45) is 0.763. The van der Waals surface area contributed by atoms with Crippen molar-refractivity contribution in [3.05, 3.63) is 46.1 Å². The smallest absolute Gasteiger partial charge is 0.267 e. The number of nitrogens with zero attached hydrogens (tertiary/aromatic N) is 2. The van der Waals surface area contributed by atoms with Gasteiger partial charge in [-0.15, -0.1) is 11.8 Å². The number of hydrogen-bond acceptors (Lipinski definition) is 5. The molecule has 1 N–H and O–H groups in total. The zero-order chi connectivity index (χ0) is 17.3. The van der Waals surface area contributed by atoms with E-state index < -0.39 is 5.82 Å². The van der Waals surface area contributed by atoms with E-state index in [0.717, 1.165) is 12.1 Å². The Morgan fingerprint density at radius 2 is 2.33 bits per heavy atom. The van der Waals surface area contributed by atoms with Crippen LogP contribution in [-0.4, -0.2) is 26.5 Å². The Morgan fingerprint density at radius 3 is 3.08 bits per heavy atom. The van der Waals surface area contributed by atoms with Crippen LogP contribution < -0.4 is 10.9 Å². The van der Waals surface area contributed by atoms with Crippen LogP contribution in [0.25, 0.3) is 0 Å². The summed E-state index contributed by atoms with van der Waals surface area (Å²) in [5.74, 6) is -0.587. The van der Waals surface area contributed by atoms with Crippen molar-refractivity contribution in [2.24, 2.45) is 7.05 Å². The van der Waals surface area contributed by atoms with E-state index in [1.165, 1.54) is 34.5 Å². The summed E-state index contributed by atoms with van der Waals surface area (Å²) in [5, 5.41) is 3.49. The average molecular weight is 365 g/mol. The summed E-state index contributed by atoms with van der Waals surface area (Å²) in [5.41, 5.74) is 1.15. The molecule has 0 saturated carbocycles. The SMILES string of the molecule is C[C@H]1Cc2nc(SCC(=O)Nc3cccc(F)c3)n(C)c(=O)c2S1. The van der Waals surface area contributed by atoms with Crippen molar-refractivity contribution < 1.29 is 9.18 Å². The molecule has 1 aromatic heterocycles. The van der Waals surface area contributed by atoms with Crippen molar-refractivity contribution in [1.82, 2.24) is 9.55 Å². The van der Waals surface area contributed by atoms with E-state index in [1.54, 1.807) is 24.9 Å². The quantitative estimate of drug-likeness (QED) is 0.667. The Morgan fingerprint density at radius 1 is 1.54 bits per heavy atom. The predicted molar refractivity (Wildman–Crippen MR) is 94.3 cm³/mol. The topological polar surface area (TPSA) is 64.0 Å². The molecule has 0 aliphatic carbocycles. The molecule has 0 radical (unpaired) electrons. The van der Waals surface area contributed by atoms with E-state index >= 15 is 0 Å². The minimum Gasteiger partial charge on any atom is -0.325 e. The molecule has 0 unspecified atom stereocenters. The largest absolute Gasteiger partial charge is 0.325 e. The van der Waals surface area contributed by atoms with Crippen LogP contribution in [0.4, 0.5) is 10.1 Å². The Hall–Kier alpha value is -1.80. The van der Waals surface area contributed by atoms with Gasteiger partial charge in [0, 0.05) is 24.4 Å². The van der Waals surface area contributed by atoms with Crippen LogP contribution in [0.1, 0.15) is 12.6 Å². The molecule has 2 heterocycles. The van der Waals surface area contributed by atoms with Crippen molar-refractivity contribution in [3.8, 4) is 0 Å². The number of nitrogens with one attached hydrogen (secondary N) is 1. The molecule has 2 aromatic rings. The number of hydrogen-bond donors (Lipinski definition) is 1. The fraction of sp³-hybridized carbons (Fsp3) is 0.312. The van der Waals surface area contributed by atoms with Crippen LogP contribution in [0.15, 0.2) is 39.1 Å². The lowest BCUT2D eigenvalue weighted by Gasteiger charge is -2.09. The third kappa shape index (κ3) is 3.64. The maximum absolute atomic E-state index is 13.1. The molecular weight excluding hydrogens is 349 g/mol. The average Bonchev–Trinajstić information content (AvgIpc) is 2.90. The van der Waals surface area contributed by atoms with Crippen molar-refractivity contribution in [2.75, 3.05) is 11.1 Å². The van der Waals surface area contributed by atoms with Crippen LogP contribution >= 0.6 is 23.5 Å². The van der Waals surface area contributed by atoms with Gasteiger partial charge in [0.1, 0.15) is 5.82 Å². The van der Waals surface area contributed by atoms with Gasteiger partial charge < -0.3 is 5.32 Å². The lowest BCUT2D eigenvalue weighted by atomic mass is 10.2. The molecule has 8 heteroatoms. The molecule has 0 spiro atoms. The predicted octanol–water partition coefficient (Wildman–Crippen LogP) is 2.69. The number of fused-ring (bicyclic) bond motifs is 1. The summed E-state index contributed by atoms with van der Waals surface area (Å²) in [6.45, 7) is 2.06. The first-order valence-corrected chi connectivity index (χ1v) is 9.25. The molecule has 1 aliphatic heterocycles. The maximum atomic E-state index is 13.1. The van der Waals surface area contributed by atoms with Crippen molar-refractivity contribution in [3.63, 3.8) is 0 Å². The molecular formula is C16H16FN3O2S2. The monoisotopic (exact) mass is 365 g/mol. The van der Waals surface area contributed by atoms with E-state index in [-0.39, 0.29) is 17.2 Å². The molecule has 0 fully saturated rings. The fourth-order valence-electron chi connectivity index (χ4n) is 2.40. The molecule has 3 rings (SSSR count). The number of carbonyl (C=O) groups is 1. The van der Waals surface area contributed by atoms with E-state index in [9.17, 15) is 14.0 Å². The minimum atomic E-state index is -0.408. The molecule has 1 aromatic carbocycles. The summed E-state index contributed by atoms with van der Waals surface area (Å²) < 4.78 is 14.6.